The molecule has 1 aliphatic heterocycles. The van der Waals surface area contributed by atoms with Crippen molar-refractivity contribution in [2.75, 3.05) is 27.2 Å². The summed E-state index contributed by atoms with van der Waals surface area (Å²) in [6.07, 6.45) is 6.88. The number of hydrogen-bond donors (Lipinski definition) is 1. The summed E-state index contributed by atoms with van der Waals surface area (Å²) in [5.74, 6) is 5.10. The Hall–Kier alpha value is -3.00. The van der Waals surface area contributed by atoms with E-state index in [0.29, 0.717) is 35.5 Å². The second-order valence-corrected chi connectivity index (χ2v) is 20.8. The number of hydrogen-bond acceptors (Lipinski definition) is 3. The molecule has 60 heavy (non-hydrogen) atoms. The van der Waals surface area contributed by atoms with Crippen LogP contribution in [0.25, 0.3) is 10.9 Å². The van der Waals surface area contributed by atoms with Crippen LogP contribution in [-0.2, 0) is 26.2 Å². The smallest absolute Gasteiger partial charge is 0.254 e. The van der Waals surface area contributed by atoms with Crippen LogP contribution in [0.15, 0.2) is 48.8 Å². The maximum atomic E-state index is 11.9. The van der Waals surface area contributed by atoms with Gasteiger partial charge in [0.15, 0.2) is 0 Å². The number of halogens is 1. The molecule has 340 valence electrons. The lowest BCUT2D eigenvalue weighted by Crippen LogP contribution is -2.35. The van der Waals surface area contributed by atoms with Crippen LogP contribution in [0.2, 0.25) is 5.02 Å². The molecule has 0 radical (unpaired) electrons. The first-order chi connectivity index (χ1) is 28.0. The van der Waals surface area contributed by atoms with Crippen LogP contribution >= 0.6 is 11.6 Å². The summed E-state index contributed by atoms with van der Waals surface area (Å²) in [5, 5.41) is 11.1. The summed E-state index contributed by atoms with van der Waals surface area (Å²) in [7, 11) is 3.58. The molecule has 0 bridgehead atoms. The summed E-state index contributed by atoms with van der Waals surface area (Å²) in [5.41, 5.74) is 7.01. The van der Waals surface area contributed by atoms with Crippen LogP contribution in [0.5, 0.6) is 0 Å². The zero-order valence-corrected chi connectivity index (χ0v) is 42.2. The van der Waals surface area contributed by atoms with E-state index in [0.717, 1.165) is 53.7 Å². The van der Waals surface area contributed by atoms with Crippen molar-refractivity contribution in [3.63, 3.8) is 0 Å². The molecule has 0 spiro atoms. The largest absolute Gasteiger partial charge is 0.392 e. The molecule has 4 aromatic rings. The van der Waals surface area contributed by atoms with Crippen molar-refractivity contribution in [2.45, 2.75) is 174 Å². The zero-order chi connectivity index (χ0) is 45.6. The highest BCUT2D eigenvalue weighted by molar-refractivity contribution is 6.35. The van der Waals surface area contributed by atoms with Gasteiger partial charge >= 0.3 is 0 Å². The van der Waals surface area contributed by atoms with E-state index in [-0.39, 0.29) is 12.5 Å². The highest BCUT2D eigenvalue weighted by Gasteiger charge is 2.27. The SMILES string of the molecule is CC(C)CN1CCCC1C(C)C.CC(C)Cn1c(C(C)C)cc2c(Cl)cccc21.CC(C)Cn1cc(C(=O)N(C)C)cc1C(C)C.CC(C)Cn1cc(CO)cc1C(C)C. The monoisotopic (exact) mass is 850 g/mol. The molecule has 1 aliphatic rings. The zero-order valence-electron chi connectivity index (χ0n) is 41.4. The van der Waals surface area contributed by atoms with Crippen LogP contribution < -0.4 is 0 Å². The molecule has 1 fully saturated rings. The normalized spacial score (nSPS) is 14.5. The Morgan fingerprint density at radius 1 is 0.700 bits per heavy atom. The molecular formula is C52H88ClN5O2. The van der Waals surface area contributed by atoms with Gasteiger partial charge in [-0.15, -0.1) is 0 Å². The van der Waals surface area contributed by atoms with E-state index in [1.807, 2.05) is 24.4 Å². The number of carbonyl (C=O) groups is 1. The molecule has 1 atom stereocenters. The number of aliphatic hydroxyl groups is 1. The number of amides is 1. The summed E-state index contributed by atoms with van der Waals surface area (Å²) < 4.78 is 6.89. The van der Waals surface area contributed by atoms with E-state index in [2.05, 4.69) is 154 Å². The second-order valence-electron chi connectivity index (χ2n) is 20.4. The molecule has 1 N–H and O–H groups in total. The van der Waals surface area contributed by atoms with Gasteiger partial charge in [-0.25, -0.2) is 0 Å². The number of aliphatic hydroxyl groups excluding tert-OH is 1. The van der Waals surface area contributed by atoms with Crippen molar-refractivity contribution in [2.24, 2.45) is 29.6 Å². The number of rotatable bonds is 14. The average Bonchev–Trinajstić information content (AvgIpc) is 3.94. The fraction of sp³-hybridized carbons (Fsp3) is 0.673. The molecule has 1 aromatic carbocycles. The molecule has 0 aliphatic carbocycles. The van der Waals surface area contributed by atoms with E-state index in [1.54, 1.807) is 19.0 Å². The Kier molecular flexibility index (Phi) is 22.3. The molecule has 8 heteroatoms. The van der Waals surface area contributed by atoms with Crippen molar-refractivity contribution < 1.29 is 9.90 Å². The van der Waals surface area contributed by atoms with E-state index in [1.165, 1.54) is 53.9 Å². The molecule has 1 saturated heterocycles. The molecule has 3 aromatic heterocycles. The number of benzene rings is 1. The van der Waals surface area contributed by atoms with Gasteiger partial charge in [0.1, 0.15) is 0 Å². The van der Waals surface area contributed by atoms with E-state index in [4.69, 9.17) is 16.7 Å². The van der Waals surface area contributed by atoms with Crippen molar-refractivity contribution >= 4 is 28.4 Å². The third-order valence-electron chi connectivity index (χ3n) is 10.9. The molecule has 7 nitrogen and oxygen atoms in total. The fourth-order valence-electron chi connectivity index (χ4n) is 8.29. The predicted octanol–water partition coefficient (Wildman–Crippen LogP) is 13.6. The number of aromatic nitrogens is 3. The molecule has 4 heterocycles. The summed E-state index contributed by atoms with van der Waals surface area (Å²) in [4.78, 5) is 16.2. The topological polar surface area (TPSA) is 58.6 Å². The molecule has 1 unspecified atom stereocenters. The first kappa shape index (κ1) is 53.1. The maximum absolute atomic E-state index is 11.9. The van der Waals surface area contributed by atoms with Gasteiger partial charge in [-0.05, 0) is 103 Å². The van der Waals surface area contributed by atoms with Crippen LogP contribution in [0.3, 0.4) is 0 Å². The predicted molar refractivity (Wildman–Crippen MR) is 261 cm³/mol. The highest BCUT2D eigenvalue weighted by atomic mass is 35.5. The van der Waals surface area contributed by atoms with Gasteiger partial charge in [0.2, 0.25) is 0 Å². The van der Waals surface area contributed by atoms with Crippen molar-refractivity contribution in [1.29, 1.82) is 0 Å². The Labute approximate surface area is 372 Å². The fourth-order valence-corrected chi connectivity index (χ4v) is 8.51. The lowest BCUT2D eigenvalue weighted by Gasteiger charge is -2.28. The van der Waals surface area contributed by atoms with Gasteiger partial charge in [-0.3, -0.25) is 9.69 Å². The van der Waals surface area contributed by atoms with Crippen LogP contribution in [0.1, 0.15) is 174 Å². The van der Waals surface area contributed by atoms with Gasteiger partial charge < -0.3 is 23.7 Å². The Morgan fingerprint density at radius 2 is 1.22 bits per heavy atom. The minimum Gasteiger partial charge on any atom is -0.392 e. The molecular weight excluding hydrogens is 762 g/mol. The Bertz CT molecular complexity index is 1840. The maximum Gasteiger partial charge on any atom is 0.254 e. The minimum absolute atomic E-state index is 0.0782. The molecule has 5 rings (SSSR count). The standard InChI is InChI=1S/C15H20ClN.C14H24N2O.C12H21NO.C11H23N/c1-10(2)9-17-14-7-5-6-13(16)12(14)8-15(17)11(3)4;1-10(2)8-16-9-12(14(17)15(5)6)7-13(16)11(3)4;1-9(2)6-13-7-11(8-14)5-12(13)10(3)4;1-9(2)8-12-7-5-6-11(12)10(3)4/h5-8,10-11H,9H2,1-4H3;7,9-11H,8H2,1-6H3;5,7,9-10,14H,6,8H2,1-4H3;9-11H,5-8H2,1-4H3. The van der Waals surface area contributed by atoms with Gasteiger partial charge in [0.05, 0.1) is 12.2 Å². The summed E-state index contributed by atoms with van der Waals surface area (Å²) in [6.45, 7) is 41.6. The summed E-state index contributed by atoms with van der Waals surface area (Å²) in [6, 6.07) is 13.4. The minimum atomic E-state index is 0.0782. The Morgan fingerprint density at radius 3 is 1.68 bits per heavy atom. The molecule has 1 amide bonds. The van der Waals surface area contributed by atoms with Gasteiger partial charge in [-0.2, -0.15) is 0 Å². The van der Waals surface area contributed by atoms with Crippen molar-refractivity contribution in [3.05, 3.63) is 82.0 Å². The Balaban J connectivity index is 0.000000278. The van der Waals surface area contributed by atoms with Gasteiger partial charge in [-0.1, -0.05) is 128 Å². The number of nitrogens with zero attached hydrogens (tertiary/aromatic N) is 5. The molecule has 0 saturated carbocycles. The third kappa shape index (κ3) is 16.4. The second kappa shape index (κ2) is 25.2. The number of fused-ring (bicyclic) bond motifs is 1. The number of carbonyl (C=O) groups excluding carboxylic acids is 1. The van der Waals surface area contributed by atoms with Gasteiger partial charge in [0, 0.05) is 91.7 Å². The average molecular weight is 851 g/mol. The summed E-state index contributed by atoms with van der Waals surface area (Å²) >= 11 is 6.27. The lowest BCUT2D eigenvalue weighted by molar-refractivity contribution is 0.0827. The first-order valence-electron chi connectivity index (χ1n) is 23.2. The first-order valence-corrected chi connectivity index (χ1v) is 23.6. The van der Waals surface area contributed by atoms with Crippen LogP contribution in [-0.4, -0.2) is 67.7 Å². The quantitative estimate of drug-likeness (QED) is 0.137. The van der Waals surface area contributed by atoms with Crippen LogP contribution in [0, 0.1) is 29.6 Å². The van der Waals surface area contributed by atoms with Crippen LogP contribution in [0.4, 0.5) is 0 Å². The third-order valence-corrected chi connectivity index (χ3v) is 11.2. The highest BCUT2D eigenvalue weighted by Crippen LogP contribution is 2.31. The van der Waals surface area contributed by atoms with Gasteiger partial charge in [0.25, 0.3) is 5.91 Å². The van der Waals surface area contributed by atoms with Crippen molar-refractivity contribution in [1.82, 2.24) is 23.5 Å². The van der Waals surface area contributed by atoms with E-state index >= 15 is 0 Å². The van der Waals surface area contributed by atoms with E-state index < -0.39 is 0 Å². The van der Waals surface area contributed by atoms with Crippen molar-refractivity contribution in [3.8, 4) is 0 Å². The number of likely N-dealkylation sites (tertiary alicyclic amines) is 1. The van der Waals surface area contributed by atoms with E-state index in [9.17, 15) is 4.79 Å². The lowest BCUT2D eigenvalue weighted by atomic mass is 10.0.